The molecule has 0 unspecified atom stereocenters. The number of urea groups is 1. The van der Waals surface area contributed by atoms with E-state index in [0.717, 1.165) is 0 Å². The second kappa shape index (κ2) is 5.40. The molecule has 1 aromatic carbocycles. The van der Waals surface area contributed by atoms with E-state index in [-0.39, 0.29) is 10.8 Å². The van der Waals surface area contributed by atoms with Crippen molar-refractivity contribution in [2.45, 2.75) is 4.90 Å². The van der Waals surface area contributed by atoms with Gasteiger partial charge in [-0.15, -0.1) is 0 Å². The zero-order valence-electron chi connectivity index (χ0n) is 9.52. The summed E-state index contributed by atoms with van der Waals surface area (Å²) in [5.41, 5.74) is 0. The SMILES string of the molecule is O=C(Nc1ncncn1)NS(=O)(=O)c1ccccc1. The molecule has 0 radical (unpaired) electrons. The first-order valence-corrected chi connectivity index (χ1v) is 6.57. The molecule has 0 bridgehead atoms. The predicted octanol–water partition coefficient (Wildman–Crippen LogP) is 0.382. The predicted molar refractivity (Wildman–Crippen MR) is 65.6 cm³/mol. The van der Waals surface area contributed by atoms with Gasteiger partial charge in [-0.25, -0.2) is 32.9 Å². The van der Waals surface area contributed by atoms with Crippen LogP contribution in [0.25, 0.3) is 0 Å². The summed E-state index contributed by atoms with van der Waals surface area (Å²) in [5.74, 6) is -0.0456. The Labute approximate surface area is 109 Å². The molecule has 98 valence electrons. The highest BCUT2D eigenvalue weighted by Crippen LogP contribution is 2.07. The van der Waals surface area contributed by atoms with Gasteiger partial charge in [0, 0.05) is 0 Å². The van der Waals surface area contributed by atoms with Crippen LogP contribution in [0.4, 0.5) is 10.7 Å². The molecule has 0 atom stereocenters. The van der Waals surface area contributed by atoms with Gasteiger partial charge in [0.25, 0.3) is 10.0 Å². The fourth-order valence-electron chi connectivity index (χ4n) is 1.21. The molecule has 2 rings (SSSR count). The van der Waals surface area contributed by atoms with E-state index in [4.69, 9.17) is 0 Å². The first-order chi connectivity index (χ1) is 9.08. The van der Waals surface area contributed by atoms with Crippen LogP contribution in [0.2, 0.25) is 0 Å². The van der Waals surface area contributed by atoms with Crippen molar-refractivity contribution in [3.63, 3.8) is 0 Å². The van der Waals surface area contributed by atoms with Crippen LogP contribution in [0.5, 0.6) is 0 Å². The van der Waals surface area contributed by atoms with E-state index in [1.54, 1.807) is 18.2 Å². The van der Waals surface area contributed by atoms with Crippen molar-refractivity contribution >= 4 is 22.0 Å². The average molecular weight is 279 g/mol. The molecule has 2 aromatic rings. The molecule has 0 saturated carbocycles. The number of amides is 2. The zero-order valence-corrected chi connectivity index (χ0v) is 10.3. The summed E-state index contributed by atoms with van der Waals surface area (Å²) in [6.07, 6.45) is 2.35. The van der Waals surface area contributed by atoms with Crippen molar-refractivity contribution < 1.29 is 13.2 Å². The first-order valence-electron chi connectivity index (χ1n) is 5.09. The number of benzene rings is 1. The summed E-state index contributed by atoms with van der Waals surface area (Å²) < 4.78 is 25.5. The number of carbonyl (C=O) groups excluding carboxylic acids is 1. The maximum atomic E-state index is 11.8. The summed E-state index contributed by atoms with van der Waals surface area (Å²) >= 11 is 0. The number of carbonyl (C=O) groups is 1. The highest BCUT2D eigenvalue weighted by molar-refractivity contribution is 7.90. The fourth-order valence-corrected chi connectivity index (χ4v) is 2.14. The molecule has 0 aliphatic carbocycles. The molecule has 19 heavy (non-hydrogen) atoms. The lowest BCUT2D eigenvalue weighted by molar-refractivity contribution is 0.256. The van der Waals surface area contributed by atoms with Crippen LogP contribution in [0.1, 0.15) is 0 Å². The number of rotatable bonds is 3. The third-order valence-corrected chi connectivity index (χ3v) is 3.35. The molecule has 1 aromatic heterocycles. The average Bonchev–Trinajstić information content (AvgIpc) is 2.40. The van der Waals surface area contributed by atoms with Gasteiger partial charge in [0.15, 0.2) is 0 Å². The van der Waals surface area contributed by atoms with Gasteiger partial charge in [-0.05, 0) is 12.1 Å². The quantitative estimate of drug-likeness (QED) is 0.839. The topological polar surface area (TPSA) is 114 Å². The van der Waals surface area contributed by atoms with Gasteiger partial charge in [-0.3, -0.25) is 5.32 Å². The van der Waals surface area contributed by atoms with E-state index in [9.17, 15) is 13.2 Å². The molecule has 2 amide bonds. The Hall–Kier alpha value is -2.55. The van der Waals surface area contributed by atoms with Crippen LogP contribution in [0.3, 0.4) is 0 Å². The maximum absolute atomic E-state index is 11.8. The van der Waals surface area contributed by atoms with Crippen molar-refractivity contribution in [1.29, 1.82) is 0 Å². The minimum absolute atomic E-state index is 0.0132. The van der Waals surface area contributed by atoms with Gasteiger partial charge >= 0.3 is 6.03 Å². The van der Waals surface area contributed by atoms with Crippen LogP contribution in [-0.4, -0.2) is 29.4 Å². The van der Waals surface area contributed by atoms with Gasteiger partial charge in [0.2, 0.25) is 5.95 Å². The van der Waals surface area contributed by atoms with E-state index in [0.29, 0.717) is 0 Å². The number of anilines is 1. The summed E-state index contributed by atoms with van der Waals surface area (Å²) in [7, 11) is -3.91. The number of nitrogens with one attached hydrogen (secondary N) is 2. The number of hydrogen-bond acceptors (Lipinski definition) is 6. The Kier molecular flexibility index (Phi) is 3.66. The molecule has 1 heterocycles. The Morgan fingerprint density at radius 2 is 1.68 bits per heavy atom. The summed E-state index contributed by atoms with van der Waals surface area (Å²) in [6.45, 7) is 0. The fraction of sp³-hybridized carbons (Fsp3) is 0. The molecule has 2 N–H and O–H groups in total. The molecule has 0 aliphatic heterocycles. The second-order valence-corrected chi connectivity index (χ2v) is 5.02. The number of nitrogens with zero attached hydrogens (tertiary/aromatic N) is 3. The molecule has 0 fully saturated rings. The number of sulfonamides is 1. The lowest BCUT2D eigenvalue weighted by Crippen LogP contribution is -2.34. The Bertz CT molecular complexity index is 660. The molecular weight excluding hydrogens is 270 g/mol. The van der Waals surface area contributed by atoms with Crippen LogP contribution >= 0.6 is 0 Å². The Balaban J connectivity index is 2.07. The van der Waals surface area contributed by atoms with Crippen LogP contribution in [0, 0.1) is 0 Å². The zero-order chi connectivity index (χ0) is 13.7. The molecule has 0 spiro atoms. The normalized spacial score (nSPS) is 10.7. The summed E-state index contributed by atoms with van der Waals surface area (Å²) in [5, 5.41) is 2.18. The smallest absolute Gasteiger partial charge is 0.275 e. The lowest BCUT2D eigenvalue weighted by Gasteiger charge is -2.06. The third kappa shape index (κ3) is 3.45. The lowest BCUT2D eigenvalue weighted by atomic mass is 10.4. The molecular formula is C10H9N5O3S. The Morgan fingerprint density at radius 3 is 2.32 bits per heavy atom. The van der Waals surface area contributed by atoms with Crippen molar-refractivity contribution in [3.05, 3.63) is 43.0 Å². The van der Waals surface area contributed by atoms with E-state index in [1.165, 1.54) is 24.8 Å². The largest absolute Gasteiger partial charge is 0.335 e. The van der Waals surface area contributed by atoms with Gasteiger partial charge in [-0.1, -0.05) is 18.2 Å². The molecule has 0 saturated heterocycles. The summed E-state index contributed by atoms with van der Waals surface area (Å²) in [6, 6.07) is 6.58. The van der Waals surface area contributed by atoms with Crippen molar-refractivity contribution in [3.8, 4) is 0 Å². The van der Waals surface area contributed by atoms with E-state index < -0.39 is 16.1 Å². The standard InChI is InChI=1S/C10H9N5O3S/c16-10(14-9-12-6-11-7-13-9)15-19(17,18)8-4-2-1-3-5-8/h1-7H,(H2,11,12,13,14,15,16). The second-order valence-electron chi connectivity index (χ2n) is 3.33. The summed E-state index contributed by atoms with van der Waals surface area (Å²) in [4.78, 5) is 22.3. The monoisotopic (exact) mass is 279 g/mol. The highest BCUT2D eigenvalue weighted by Gasteiger charge is 2.17. The van der Waals surface area contributed by atoms with Crippen LogP contribution in [-0.2, 0) is 10.0 Å². The minimum Gasteiger partial charge on any atom is -0.275 e. The van der Waals surface area contributed by atoms with Gasteiger partial charge in [0.1, 0.15) is 12.7 Å². The maximum Gasteiger partial charge on any atom is 0.335 e. The van der Waals surface area contributed by atoms with Crippen LogP contribution < -0.4 is 10.0 Å². The number of aromatic nitrogens is 3. The number of hydrogen-bond donors (Lipinski definition) is 2. The third-order valence-electron chi connectivity index (χ3n) is 2.00. The van der Waals surface area contributed by atoms with E-state index in [2.05, 4.69) is 20.3 Å². The molecule has 0 aliphatic rings. The van der Waals surface area contributed by atoms with E-state index in [1.807, 2.05) is 4.72 Å². The first kappa shape index (κ1) is 12.9. The van der Waals surface area contributed by atoms with Gasteiger partial charge < -0.3 is 0 Å². The molecule has 9 heteroatoms. The van der Waals surface area contributed by atoms with Crippen LogP contribution in [0.15, 0.2) is 47.9 Å². The van der Waals surface area contributed by atoms with Gasteiger partial charge in [0.05, 0.1) is 4.90 Å². The minimum atomic E-state index is -3.91. The van der Waals surface area contributed by atoms with E-state index >= 15 is 0 Å². The Morgan fingerprint density at radius 1 is 1.05 bits per heavy atom. The van der Waals surface area contributed by atoms with Crippen molar-refractivity contribution in [2.24, 2.45) is 0 Å². The van der Waals surface area contributed by atoms with Crippen molar-refractivity contribution in [2.75, 3.05) is 5.32 Å². The van der Waals surface area contributed by atoms with Crippen molar-refractivity contribution in [1.82, 2.24) is 19.7 Å². The molecule has 8 nitrogen and oxygen atoms in total. The van der Waals surface area contributed by atoms with Gasteiger partial charge in [-0.2, -0.15) is 0 Å². The highest BCUT2D eigenvalue weighted by atomic mass is 32.2.